The van der Waals surface area contributed by atoms with E-state index in [2.05, 4.69) is 5.16 Å². The van der Waals surface area contributed by atoms with E-state index in [-0.39, 0.29) is 30.0 Å². The molecule has 6 heteroatoms. The number of amides is 1. The molecule has 0 aromatic carbocycles. The Morgan fingerprint density at radius 1 is 1.56 bits per heavy atom. The van der Waals surface area contributed by atoms with Crippen LogP contribution in [0.2, 0.25) is 0 Å². The number of amidine groups is 1. The molecule has 1 fully saturated rings. The molecule has 0 aliphatic carbocycles. The zero-order valence-corrected chi connectivity index (χ0v) is 11.3. The van der Waals surface area contributed by atoms with E-state index in [9.17, 15) is 4.79 Å². The average Bonchev–Trinajstić information content (AvgIpc) is 2.75. The van der Waals surface area contributed by atoms with Crippen molar-refractivity contribution >= 4 is 11.7 Å². The summed E-state index contributed by atoms with van der Waals surface area (Å²) in [6, 6.07) is 0.0727. The number of oxime groups is 1. The van der Waals surface area contributed by atoms with Crippen molar-refractivity contribution in [1.29, 1.82) is 0 Å². The van der Waals surface area contributed by atoms with Gasteiger partial charge in [0.15, 0.2) is 0 Å². The molecule has 2 atom stereocenters. The molecule has 1 aliphatic heterocycles. The number of carbonyl (C=O) groups excluding carboxylic acids is 1. The van der Waals surface area contributed by atoms with E-state index >= 15 is 0 Å². The summed E-state index contributed by atoms with van der Waals surface area (Å²) >= 11 is 0. The van der Waals surface area contributed by atoms with Crippen molar-refractivity contribution in [2.75, 3.05) is 6.54 Å². The van der Waals surface area contributed by atoms with Crippen molar-refractivity contribution in [1.82, 2.24) is 4.90 Å². The van der Waals surface area contributed by atoms with Crippen LogP contribution in [-0.2, 0) is 9.53 Å². The molecule has 0 aromatic rings. The normalized spacial score (nSPS) is 24.6. The fourth-order valence-corrected chi connectivity index (χ4v) is 2.08. The highest BCUT2D eigenvalue weighted by Crippen LogP contribution is 2.21. The van der Waals surface area contributed by atoms with Crippen LogP contribution in [0.15, 0.2) is 5.16 Å². The molecule has 3 N–H and O–H groups in total. The highest BCUT2D eigenvalue weighted by atomic mass is 16.5. The van der Waals surface area contributed by atoms with Crippen molar-refractivity contribution in [2.24, 2.45) is 10.9 Å². The highest BCUT2D eigenvalue weighted by molar-refractivity contribution is 5.83. The lowest BCUT2D eigenvalue weighted by molar-refractivity contribution is -0.144. The first-order valence-corrected chi connectivity index (χ1v) is 6.38. The lowest BCUT2D eigenvalue weighted by Gasteiger charge is -2.29. The highest BCUT2D eigenvalue weighted by Gasteiger charge is 2.32. The maximum atomic E-state index is 12.3. The van der Waals surface area contributed by atoms with Gasteiger partial charge in [-0.2, -0.15) is 0 Å². The molecule has 104 valence electrons. The first kappa shape index (κ1) is 14.8. The van der Waals surface area contributed by atoms with Gasteiger partial charge in [-0.3, -0.25) is 4.79 Å². The maximum absolute atomic E-state index is 12.3. The molecule has 1 amide bonds. The second kappa shape index (κ2) is 6.58. The van der Waals surface area contributed by atoms with E-state index < -0.39 is 0 Å². The number of rotatable bonds is 5. The molecule has 0 spiro atoms. The van der Waals surface area contributed by atoms with Crippen molar-refractivity contribution in [2.45, 2.75) is 58.3 Å². The van der Waals surface area contributed by atoms with Gasteiger partial charge in [-0.05, 0) is 33.6 Å². The molecule has 1 rings (SSSR count). The van der Waals surface area contributed by atoms with Gasteiger partial charge in [0.1, 0.15) is 11.9 Å². The molecule has 0 saturated carbocycles. The van der Waals surface area contributed by atoms with Crippen LogP contribution in [0, 0.1) is 0 Å². The SMILES string of the molecule is CC1CCC(C(=O)N(CCC(N)=NO)C(C)C)O1. The fraction of sp³-hybridized carbons (Fsp3) is 0.833. The molecule has 18 heavy (non-hydrogen) atoms. The van der Waals surface area contributed by atoms with E-state index in [0.29, 0.717) is 13.0 Å². The van der Waals surface area contributed by atoms with Crippen LogP contribution in [0.4, 0.5) is 0 Å². The van der Waals surface area contributed by atoms with Gasteiger partial charge in [0.05, 0.1) is 6.10 Å². The molecule has 2 unspecified atom stereocenters. The summed E-state index contributed by atoms with van der Waals surface area (Å²) in [5.41, 5.74) is 5.43. The predicted octanol–water partition coefficient (Wildman–Crippen LogP) is 0.927. The van der Waals surface area contributed by atoms with Crippen LogP contribution in [0.3, 0.4) is 0 Å². The smallest absolute Gasteiger partial charge is 0.251 e. The summed E-state index contributed by atoms with van der Waals surface area (Å²) in [4.78, 5) is 14.0. The van der Waals surface area contributed by atoms with Crippen molar-refractivity contribution in [3.63, 3.8) is 0 Å². The Bertz CT molecular complexity index is 318. The minimum atomic E-state index is -0.338. The van der Waals surface area contributed by atoms with Crippen LogP contribution < -0.4 is 5.73 Å². The van der Waals surface area contributed by atoms with Gasteiger partial charge in [-0.1, -0.05) is 5.16 Å². The third-order valence-corrected chi connectivity index (χ3v) is 3.15. The number of nitrogens with zero attached hydrogens (tertiary/aromatic N) is 2. The van der Waals surface area contributed by atoms with E-state index in [1.165, 1.54) is 0 Å². The first-order valence-electron chi connectivity index (χ1n) is 6.38. The second-order valence-electron chi connectivity index (χ2n) is 4.98. The maximum Gasteiger partial charge on any atom is 0.251 e. The van der Waals surface area contributed by atoms with Gasteiger partial charge >= 0.3 is 0 Å². The molecule has 1 aliphatic rings. The Labute approximate surface area is 108 Å². The summed E-state index contributed by atoms with van der Waals surface area (Å²) in [5.74, 6) is 0.134. The third-order valence-electron chi connectivity index (χ3n) is 3.15. The summed E-state index contributed by atoms with van der Waals surface area (Å²) in [7, 11) is 0. The van der Waals surface area contributed by atoms with Crippen molar-refractivity contribution in [3.8, 4) is 0 Å². The van der Waals surface area contributed by atoms with Crippen LogP contribution in [0.5, 0.6) is 0 Å². The summed E-state index contributed by atoms with van der Waals surface area (Å²) in [6.07, 6.45) is 1.87. The Balaban J connectivity index is 2.58. The third kappa shape index (κ3) is 3.87. The summed E-state index contributed by atoms with van der Waals surface area (Å²) in [6.45, 7) is 6.31. The Hall–Kier alpha value is -1.30. The van der Waals surface area contributed by atoms with Crippen molar-refractivity contribution < 1.29 is 14.7 Å². The van der Waals surface area contributed by atoms with Crippen LogP contribution >= 0.6 is 0 Å². The van der Waals surface area contributed by atoms with Gasteiger partial charge in [-0.25, -0.2) is 0 Å². The van der Waals surface area contributed by atoms with Crippen LogP contribution in [0.25, 0.3) is 0 Å². The number of ether oxygens (including phenoxy) is 1. The lowest BCUT2D eigenvalue weighted by atomic mass is 10.1. The van der Waals surface area contributed by atoms with E-state index in [4.69, 9.17) is 15.7 Å². The molecular weight excluding hydrogens is 234 g/mol. The van der Waals surface area contributed by atoms with Gasteiger partial charge in [-0.15, -0.1) is 0 Å². The van der Waals surface area contributed by atoms with Crippen LogP contribution in [-0.4, -0.2) is 46.6 Å². The minimum Gasteiger partial charge on any atom is -0.409 e. The summed E-state index contributed by atoms with van der Waals surface area (Å²) in [5, 5.41) is 11.4. The molecule has 1 saturated heterocycles. The molecule has 1 heterocycles. The molecular formula is C12H23N3O3. The molecule has 0 aromatic heterocycles. The second-order valence-corrected chi connectivity index (χ2v) is 4.98. The van der Waals surface area contributed by atoms with E-state index in [1.54, 1.807) is 4.90 Å². The first-order chi connectivity index (χ1) is 8.45. The van der Waals surface area contributed by atoms with Gasteiger partial charge < -0.3 is 20.6 Å². The van der Waals surface area contributed by atoms with Gasteiger partial charge in [0, 0.05) is 19.0 Å². The predicted molar refractivity (Wildman–Crippen MR) is 68.4 cm³/mol. The van der Waals surface area contributed by atoms with E-state index in [0.717, 1.165) is 12.8 Å². The lowest BCUT2D eigenvalue weighted by Crippen LogP contribution is -2.44. The number of carbonyl (C=O) groups is 1. The largest absolute Gasteiger partial charge is 0.409 e. The van der Waals surface area contributed by atoms with Gasteiger partial charge in [0.2, 0.25) is 0 Å². The topological polar surface area (TPSA) is 88.2 Å². The quantitative estimate of drug-likeness (QED) is 0.332. The fourth-order valence-electron chi connectivity index (χ4n) is 2.08. The molecule has 6 nitrogen and oxygen atoms in total. The standard InChI is InChI=1S/C12H23N3O3/c1-8(2)15(7-6-11(13)14-17)12(16)10-5-4-9(3)18-10/h8-10,17H,4-7H2,1-3H3,(H2,13,14). The number of nitrogens with two attached hydrogens (primary N) is 1. The zero-order valence-electron chi connectivity index (χ0n) is 11.3. The monoisotopic (exact) mass is 257 g/mol. The Morgan fingerprint density at radius 3 is 2.67 bits per heavy atom. The van der Waals surface area contributed by atoms with Crippen LogP contribution in [0.1, 0.15) is 40.0 Å². The average molecular weight is 257 g/mol. The number of hydrogen-bond acceptors (Lipinski definition) is 4. The zero-order chi connectivity index (χ0) is 13.7. The van der Waals surface area contributed by atoms with Crippen molar-refractivity contribution in [3.05, 3.63) is 0 Å². The molecule has 0 bridgehead atoms. The summed E-state index contributed by atoms with van der Waals surface area (Å²) < 4.78 is 5.59. The van der Waals surface area contributed by atoms with E-state index in [1.807, 2.05) is 20.8 Å². The Morgan fingerprint density at radius 2 is 2.22 bits per heavy atom. The Kier molecular flexibility index (Phi) is 5.40. The van der Waals surface area contributed by atoms with Gasteiger partial charge in [0.25, 0.3) is 5.91 Å². The molecule has 0 radical (unpaired) electrons. The number of hydrogen-bond donors (Lipinski definition) is 2. The minimum absolute atomic E-state index is 0.0000831.